The Morgan fingerprint density at radius 3 is 2.46 bits per heavy atom. The average molecular weight is 325 g/mol. The van der Waals surface area contributed by atoms with Crippen LogP contribution in [-0.2, 0) is 6.54 Å². The second kappa shape index (κ2) is 6.13. The van der Waals surface area contributed by atoms with E-state index < -0.39 is 0 Å². The predicted octanol–water partition coefficient (Wildman–Crippen LogP) is 2.38. The van der Waals surface area contributed by atoms with Gasteiger partial charge in [-0.3, -0.25) is 4.90 Å². The third-order valence-corrected chi connectivity index (χ3v) is 4.47. The van der Waals surface area contributed by atoms with Gasteiger partial charge in [0.15, 0.2) is 0 Å². The van der Waals surface area contributed by atoms with Gasteiger partial charge < -0.3 is 15.0 Å². The molecule has 5 nitrogen and oxygen atoms in total. The van der Waals surface area contributed by atoms with Gasteiger partial charge in [-0.15, -0.1) is 0 Å². The first-order valence-corrected chi connectivity index (χ1v) is 8.13. The van der Waals surface area contributed by atoms with Crippen LogP contribution in [0.4, 0.5) is 15.8 Å². The number of pyridine rings is 1. The standard InChI is InChI=1S/C18H20FN5/c19-14-1-4-17(5-2-14)23-9-7-22(8-10-23)12-16-13-24-11-15(20)3-6-18(24)21-16/h1-6,11,13H,7-10,12,20H2. The van der Waals surface area contributed by atoms with E-state index in [1.807, 2.05) is 41.1 Å². The molecule has 3 heterocycles. The van der Waals surface area contributed by atoms with Crippen LogP contribution in [-0.4, -0.2) is 40.5 Å². The summed E-state index contributed by atoms with van der Waals surface area (Å²) in [5.74, 6) is -0.190. The average Bonchev–Trinajstić information content (AvgIpc) is 2.98. The maximum absolute atomic E-state index is 13.0. The number of fused-ring (bicyclic) bond motifs is 1. The molecular formula is C18H20FN5. The molecule has 2 N–H and O–H groups in total. The molecule has 124 valence electrons. The monoisotopic (exact) mass is 325 g/mol. The first-order valence-electron chi connectivity index (χ1n) is 8.13. The number of hydrogen-bond acceptors (Lipinski definition) is 4. The van der Waals surface area contributed by atoms with Gasteiger partial charge in [-0.1, -0.05) is 0 Å². The van der Waals surface area contributed by atoms with Crippen LogP contribution in [0.5, 0.6) is 0 Å². The number of nitrogens with two attached hydrogens (primary N) is 1. The van der Waals surface area contributed by atoms with Gasteiger partial charge >= 0.3 is 0 Å². The van der Waals surface area contributed by atoms with Gasteiger partial charge in [0.05, 0.1) is 5.69 Å². The summed E-state index contributed by atoms with van der Waals surface area (Å²) in [6, 6.07) is 10.5. The van der Waals surface area contributed by atoms with E-state index in [1.54, 1.807) is 0 Å². The highest BCUT2D eigenvalue weighted by molar-refractivity contribution is 5.48. The van der Waals surface area contributed by atoms with Crippen molar-refractivity contribution in [1.82, 2.24) is 14.3 Å². The Morgan fingerprint density at radius 2 is 1.71 bits per heavy atom. The summed E-state index contributed by atoms with van der Waals surface area (Å²) in [7, 11) is 0. The maximum Gasteiger partial charge on any atom is 0.137 e. The highest BCUT2D eigenvalue weighted by atomic mass is 19.1. The van der Waals surface area contributed by atoms with Crippen LogP contribution >= 0.6 is 0 Å². The highest BCUT2D eigenvalue weighted by Crippen LogP contribution is 2.18. The zero-order valence-corrected chi connectivity index (χ0v) is 13.4. The number of rotatable bonds is 3. The van der Waals surface area contributed by atoms with E-state index in [4.69, 9.17) is 5.73 Å². The van der Waals surface area contributed by atoms with Crippen LogP contribution in [0.2, 0.25) is 0 Å². The number of benzene rings is 1. The fourth-order valence-corrected chi connectivity index (χ4v) is 3.18. The Balaban J connectivity index is 1.39. The lowest BCUT2D eigenvalue weighted by Crippen LogP contribution is -2.46. The Morgan fingerprint density at radius 1 is 0.958 bits per heavy atom. The van der Waals surface area contributed by atoms with Gasteiger partial charge in [0, 0.05) is 56.5 Å². The molecule has 1 fully saturated rings. The second-order valence-corrected chi connectivity index (χ2v) is 6.20. The molecule has 0 saturated carbocycles. The molecule has 1 aromatic carbocycles. The molecule has 0 bridgehead atoms. The number of anilines is 2. The maximum atomic E-state index is 13.0. The summed E-state index contributed by atoms with van der Waals surface area (Å²) < 4.78 is 15.0. The van der Waals surface area contributed by atoms with Crippen molar-refractivity contribution in [1.29, 1.82) is 0 Å². The molecule has 1 aliphatic heterocycles. The van der Waals surface area contributed by atoms with Crippen LogP contribution < -0.4 is 10.6 Å². The fraction of sp³-hybridized carbons (Fsp3) is 0.278. The molecule has 0 spiro atoms. The summed E-state index contributed by atoms with van der Waals surface area (Å²) in [4.78, 5) is 9.33. The lowest BCUT2D eigenvalue weighted by Gasteiger charge is -2.35. The number of hydrogen-bond donors (Lipinski definition) is 1. The summed E-state index contributed by atoms with van der Waals surface area (Å²) in [6.45, 7) is 4.64. The van der Waals surface area contributed by atoms with Crippen LogP contribution in [0, 0.1) is 5.82 Å². The van der Waals surface area contributed by atoms with E-state index >= 15 is 0 Å². The summed E-state index contributed by atoms with van der Waals surface area (Å²) in [6.07, 6.45) is 3.93. The number of halogens is 1. The van der Waals surface area contributed by atoms with Crippen molar-refractivity contribution in [3.05, 3.63) is 60.3 Å². The lowest BCUT2D eigenvalue weighted by molar-refractivity contribution is 0.247. The number of aromatic nitrogens is 2. The molecule has 24 heavy (non-hydrogen) atoms. The largest absolute Gasteiger partial charge is 0.398 e. The molecule has 4 rings (SSSR count). The van der Waals surface area contributed by atoms with Gasteiger partial charge in [0.2, 0.25) is 0 Å². The topological polar surface area (TPSA) is 49.8 Å². The fourth-order valence-electron chi connectivity index (χ4n) is 3.18. The van der Waals surface area contributed by atoms with Crippen LogP contribution in [0.3, 0.4) is 0 Å². The molecule has 0 atom stereocenters. The van der Waals surface area contributed by atoms with Crippen molar-refractivity contribution in [3.63, 3.8) is 0 Å². The van der Waals surface area contributed by atoms with Gasteiger partial charge in [0.25, 0.3) is 0 Å². The molecule has 0 unspecified atom stereocenters. The van der Waals surface area contributed by atoms with Crippen molar-refractivity contribution in [2.45, 2.75) is 6.54 Å². The third kappa shape index (κ3) is 3.05. The van der Waals surface area contributed by atoms with Crippen molar-refractivity contribution in [2.75, 3.05) is 36.8 Å². The van der Waals surface area contributed by atoms with Gasteiger partial charge in [-0.05, 0) is 36.4 Å². The zero-order chi connectivity index (χ0) is 16.5. The molecule has 0 radical (unpaired) electrons. The predicted molar refractivity (Wildman–Crippen MR) is 93.5 cm³/mol. The van der Waals surface area contributed by atoms with Crippen LogP contribution in [0.25, 0.3) is 5.65 Å². The van der Waals surface area contributed by atoms with Gasteiger partial charge in [-0.2, -0.15) is 0 Å². The SMILES string of the molecule is Nc1ccc2nc(CN3CCN(c4ccc(F)cc4)CC3)cn2c1. The smallest absolute Gasteiger partial charge is 0.137 e. The zero-order valence-electron chi connectivity index (χ0n) is 13.4. The van der Waals surface area contributed by atoms with E-state index in [-0.39, 0.29) is 5.82 Å². The van der Waals surface area contributed by atoms with E-state index in [9.17, 15) is 4.39 Å². The molecule has 1 aliphatic rings. The molecule has 1 saturated heterocycles. The first kappa shape index (κ1) is 15.0. The Hall–Kier alpha value is -2.60. The molecule has 6 heteroatoms. The molecule has 2 aromatic heterocycles. The number of piperazine rings is 1. The van der Waals surface area contributed by atoms with Gasteiger partial charge in [-0.25, -0.2) is 9.37 Å². The summed E-state index contributed by atoms with van der Waals surface area (Å²) in [5.41, 5.74) is 9.60. The van der Waals surface area contributed by atoms with E-state index in [0.29, 0.717) is 0 Å². The lowest BCUT2D eigenvalue weighted by atomic mass is 10.2. The molecule has 3 aromatic rings. The van der Waals surface area contributed by atoms with Crippen molar-refractivity contribution >= 4 is 17.0 Å². The minimum Gasteiger partial charge on any atom is -0.398 e. The normalized spacial score (nSPS) is 16.0. The third-order valence-electron chi connectivity index (χ3n) is 4.47. The Bertz CT molecular complexity index is 834. The first-order chi connectivity index (χ1) is 11.7. The quantitative estimate of drug-likeness (QED) is 0.803. The second-order valence-electron chi connectivity index (χ2n) is 6.20. The van der Waals surface area contributed by atoms with E-state index in [2.05, 4.69) is 14.8 Å². The van der Waals surface area contributed by atoms with E-state index in [0.717, 1.165) is 55.4 Å². The van der Waals surface area contributed by atoms with Crippen molar-refractivity contribution in [2.24, 2.45) is 0 Å². The summed E-state index contributed by atoms with van der Waals surface area (Å²) in [5, 5.41) is 0. The van der Waals surface area contributed by atoms with Crippen LogP contribution in [0.15, 0.2) is 48.8 Å². The molecule has 0 amide bonds. The highest BCUT2D eigenvalue weighted by Gasteiger charge is 2.18. The van der Waals surface area contributed by atoms with Crippen LogP contribution in [0.1, 0.15) is 5.69 Å². The minimum absolute atomic E-state index is 0.190. The van der Waals surface area contributed by atoms with Gasteiger partial charge in [0.1, 0.15) is 11.5 Å². The molecular weight excluding hydrogens is 305 g/mol. The number of nitrogen functional groups attached to an aromatic ring is 1. The van der Waals surface area contributed by atoms with E-state index in [1.165, 1.54) is 12.1 Å². The van der Waals surface area contributed by atoms with Crippen molar-refractivity contribution in [3.8, 4) is 0 Å². The number of nitrogens with zero attached hydrogens (tertiary/aromatic N) is 4. The Kier molecular flexibility index (Phi) is 3.82. The Labute approximate surface area is 140 Å². The minimum atomic E-state index is -0.190. The number of imidazole rings is 1. The molecule has 0 aliphatic carbocycles. The van der Waals surface area contributed by atoms with Crippen molar-refractivity contribution < 1.29 is 4.39 Å². The summed E-state index contributed by atoms with van der Waals surface area (Å²) >= 11 is 0.